The SMILES string of the molecule is COc1ccc(CC(=O)[C@@H](CCCNC(=N)N)NC(=O)c2cc(CC(=O)[C@@H](CCCNC(=N)N)NC(=O)c3cc(CC(=O)[C@@H](CCCNC(=N)N)NC(=O)c4cc(CC(=O)[C@H](N)CCCNC(=N)N)ccc4OC)ccc3OC)ccc2OCC(=O)O)cc1C(=O)N[C@H](Cc1c[nH]c2ccccc12)C(N)=O. The third kappa shape index (κ3) is 25.7. The van der Waals surface area contributed by atoms with Crippen molar-refractivity contribution >= 4 is 93.4 Å². The largest absolute Gasteiger partial charge is 0.496 e. The highest BCUT2D eigenvalue weighted by atomic mass is 16.5. The van der Waals surface area contributed by atoms with Crippen molar-refractivity contribution in [1.82, 2.24) is 47.5 Å². The van der Waals surface area contributed by atoms with E-state index in [1.807, 2.05) is 24.3 Å². The minimum Gasteiger partial charge on any atom is -0.496 e. The van der Waals surface area contributed by atoms with Crippen LogP contribution in [0.25, 0.3) is 10.9 Å². The predicted octanol–water partition coefficient (Wildman–Crippen LogP) is 0.706. The highest BCUT2D eigenvalue weighted by molar-refractivity contribution is 6.04. The molecule has 0 radical (unpaired) electrons. The lowest BCUT2D eigenvalue weighted by Crippen LogP contribution is -2.46. The summed E-state index contributed by atoms with van der Waals surface area (Å²) in [5.74, 6) is -8.65. The molecule has 0 bridgehead atoms. The van der Waals surface area contributed by atoms with Crippen molar-refractivity contribution < 1.29 is 72.0 Å². The van der Waals surface area contributed by atoms with E-state index in [9.17, 15) is 53.1 Å². The zero-order valence-electron chi connectivity index (χ0n) is 59.1. The number of hydrogen-bond donors (Lipinski definition) is 20. The molecule has 5 aromatic carbocycles. The Hall–Kier alpha value is -12.6. The average Bonchev–Trinajstić information content (AvgIpc) is 1.57. The number of ether oxygens (including phenoxy) is 4. The number of guanidine groups is 4. The van der Waals surface area contributed by atoms with Gasteiger partial charge in [0.15, 0.2) is 53.6 Å². The minimum absolute atomic E-state index is 0.00970. The van der Waals surface area contributed by atoms with Crippen molar-refractivity contribution in [2.24, 2.45) is 34.4 Å². The number of aromatic nitrogens is 1. The fourth-order valence-electron chi connectivity index (χ4n) is 11.5. The molecule has 1 heterocycles. The number of ketones is 4. The van der Waals surface area contributed by atoms with Crippen molar-refractivity contribution in [2.45, 2.75) is 114 Å². The Bertz CT molecular complexity index is 4220. The van der Waals surface area contributed by atoms with Crippen molar-refractivity contribution in [1.29, 1.82) is 21.6 Å². The molecule has 5 amide bonds. The smallest absolute Gasteiger partial charge is 0.341 e. The van der Waals surface area contributed by atoms with Gasteiger partial charge in [0.2, 0.25) is 5.91 Å². The number of carbonyl (C=O) groups excluding carboxylic acids is 9. The van der Waals surface area contributed by atoms with Gasteiger partial charge in [0.1, 0.15) is 29.0 Å². The summed E-state index contributed by atoms with van der Waals surface area (Å²) in [6.45, 7) is -0.218. The Labute approximate surface area is 610 Å². The lowest BCUT2D eigenvalue weighted by Gasteiger charge is -2.21. The molecule has 6 rings (SSSR count). The van der Waals surface area contributed by atoms with Crippen molar-refractivity contribution in [3.05, 3.63) is 153 Å². The Morgan fingerprint density at radius 1 is 0.443 bits per heavy atom. The average molecular weight is 1460 g/mol. The molecule has 0 aliphatic carbocycles. The fraction of sp³-hybridized carbons (Fsp3) is 0.361. The van der Waals surface area contributed by atoms with Gasteiger partial charge < -0.3 is 106 Å². The second kappa shape index (κ2) is 40.9. The van der Waals surface area contributed by atoms with Crippen molar-refractivity contribution in [3.8, 4) is 23.0 Å². The first kappa shape index (κ1) is 82.3. The number of rotatable bonds is 45. The quantitative estimate of drug-likeness (QED) is 0.0142. The van der Waals surface area contributed by atoms with Gasteiger partial charge in [-0.25, -0.2) is 4.79 Å². The van der Waals surface area contributed by atoms with Crippen LogP contribution < -0.4 is 95.9 Å². The molecule has 0 aliphatic heterocycles. The lowest BCUT2D eigenvalue weighted by atomic mass is 9.96. The first-order valence-corrected chi connectivity index (χ1v) is 33.8. The molecule has 0 aliphatic rings. The van der Waals surface area contributed by atoms with Crippen LogP contribution in [0.4, 0.5) is 0 Å². The number of para-hydroxylation sites is 1. The van der Waals surface area contributed by atoms with E-state index in [0.29, 0.717) is 30.5 Å². The van der Waals surface area contributed by atoms with Crippen LogP contribution in [0.1, 0.15) is 121 Å². The highest BCUT2D eigenvalue weighted by Gasteiger charge is 2.31. The monoisotopic (exact) mass is 1460 g/mol. The van der Waals surface area contributed by atoms with Gasteiger partial charge in [-0.1, -0.05) is 42.5 Å². The zero-order chi connectivity index (χ0) is 77.6. The van der Waals surface area contributed by atoms with Gasteiger partial charge in [-0.15, -0.1) is 0 Å². The number of amides is 5. The van der Waals surface area contributed by atoms with Gasteiger partial charge in [-0.05, 0) is 134 Å². The summed E-state index contributed by atoms with van der Waals surface area (Å²) in [5, 5.41) is 62.4. The van der Waals surface area contributed by atoms with E-state index < -0.39 is 96.1 Å². The van der Waals surface area contributed by atoms with Gasteiger partial charge in [0.05, 0.1) is 67.8 Å². The molecular formula is C72H93N19O15. The Morgan fingerprint density at radius 2 is 0.774 bits per heavy atom. The third-order valence-corrected chi connectivity index (χ3v) is 16.9. The molecule has 34 nitrogen and oxygen atoms in total. The number of Topliss-reactive ketones (excluding diaryl/α,β-unsaturated/α-hetero) is 4. The summed E-state index contributed by atoms with van der Waals surface area (Å²) in [6, 6.07) is 18.8. The molecule has 34 heteroatoms. The van der Waals surface area contributed by atoms with Gasteiger partial charge in [0.25, 0.3) is 23.6 Å². The zero-order valence-corrected chi connectivity index (χ0v) is 59.1. The number of fused-ring (bicyclic) bond motifs is 1. The maximum atomic E-state index is 14.7. The highest BCUT2D eigenvalue weighted by Crippen LogP contribution is 2.28. The third-order valence-electron chi connectivity index (χ3n) is 16.9. The van der Waals surface area contributed by atoms with Gasteiger partial charge in [-0.3, -0.25) is 64.8 Å². The fourth-order valence-corrected chi connectivity index (χ4v) is 11.5. The Morgan fingerprint density at radius 3 is 1.12 bits per heavy atom. The summed E-state index contributed by atoms with van der Waals surface area (Å²) in [6.07, 6.45) is 1.73. The molecule has 0 saturated heterocycles. The molecule has 1 aromatic heterocycles. The molecule has 0 saturated carbocycles. The summed E-state index contributed by atoms with van der Waals surface area (Å²) in [4.78, 5) is 142. The second-order valence-corrected chi connectivity index (χ2v) is 24.8. The number of H-pyrrole nitrogens is 1. The normalized spacial score (nSPS) is 12.3. The molecule has 5 atom stereocenters. The number of primary amides is 1. The first-order valence-electron chi connectivity index (χ1n) is 33.8. The van der Waals surface area contributed by atoms with E-state index in [-0.39, 0.29) is 170 Å². The van der Waals surface area contributed by atoms with Crippen LogP contribution in [0.5, 0.6) is 23.0 Å². The van der Waals surface area contributed by atoms with E-state index in [2.05, 4.69) is 47.5 Å². The van der Waals surface area contributed by atoms with Gasteiger partial charge >= 0.3 is 5.97 Å². The van der Waals surface area contributed by atoms with Gasteiger partial charge in [-0.2, -0.15) is 0 Å². The number of nitrogens with one attached hydrogen (secondary N) is 13. The summed E-state index contributed by atoms with van der Waals surface area (Å²) in [5.41, 5.74) is 36.2. The van der Waals surface area contributed by atoms with Crippen LogP contribution in [0, 0.1) is 21.6 Å². The standard InChI is InChI=1S/C72H93N19O15/c1-103-59-20-16-39(32-55(92)49(73)11-6-24-83-69(75)76)28-45(59)65(99)88-51(13-7-25-84-70(77)78)56(93)33-40-17-21-60(104-2)46(29-40)66(100)89-52(14-8-26-85-71(79)80)58(95)35-42-19-23-62(106-38-63(96)97)48(31-42)68(102)90-53(15-9-27-86-72(81)82)57(94)34-41-18-22-61(105-3)47(30-41)67(101)91-54(64(74)98)36-43-37-87-50-12-5-4-10-44(43)50/h4-5,10,12,16-23,28-31,37,49,51-54,87H,6-9,11,13-15,24-27,32-36,38,73H2,1-3H3,(H2,74,98)(H,88,99)(H,89,100)(H,90,102)(H,91,101)(H,96,97)(H4,75,76,83)(H4,77,78,84)(H4,79,80,85)(H4,81,82,86)/t49-,51-,52-,53-,54-/m1/s1. The van der Waals surface area contributed by atoms with Crippen LogP contribution in [0.2, 0.25) is 0 Å². The van der Waals surface area contributed by atoms with Crippen LogP contribution in [-0.2, 0) is 60.9 Å². The maximum Gasteiger partial charge on any atom is 0.341 e. The molecule has 26 N–H and O–H groups in total. The van der Waals surface area contributed by atoms with Crippen LogP contribution in [0.15, 0.2) is 103 Å². The van der Waals surface area contributed by atoms with E-state index in [1.165, 1.54) is 88.1 Å². The number of nitrogens with two attached hydrogens (primary N) is 6. The van der Waals surface area contributed by atoms with Crippen molar-refractivity contribution in [3.63, 3.8) is 0 Å². The number of carboxylic acids is 1. The van der Waals surface area contributed by atoms with Crippen LogP contribution in [-0.4, -0.2) is 177 Å². The Kier molecular flexibility index (Phi) is 31.7. The molecule has 106 heavy (non-hydrogen) atoms. The van der Waals surface area contributed by atoms with Crippen molar-refractivity contribution in [2.75, 3.05) is 54.1 Å². The Balaban J connectivity index is 1.23. The molecule has 566 valence electrons. The number of hydrogen-bond acceptors (Lipinski definition) is 19. The molecule has 0 spiro atoms. The molecule has 6 aromatic rings. The maximum absolute atomic E-state index is 14.7. The van der Waals surface area contributed by atoms with Crippen LogP contribution in [0.3, 0.4) is 0 Å². The van der Waals surface area contributed by atoms with E-state index in [0.717, 1.165) is 16.5 Å². The summed E-state index contributed by atoms with van der Waals surface area (Å²) >= 11 is 0. The first-order chi connectivity index (χ1) is 50.6. The lowest BCUT2D eigenvalue weighted by molar-refractivity contribution is -0.139. The minimum atomic E-state index is -1.40. The van der Waals surface area contributed by atoms with Crippen LogP contribution >= 0.6 is 0 Å². The topological polar surface area (TPSA) is 591 Å². The number of methoxy groups -OCH3 is 3. The molecule has 0 fully saturated rings. The predicted molar refractivity (Wildman–Crippen MR) is 394 cm³/mol. The van der Waals surface area contributed by atoms with E-state index in [4.69, 9.17) is 75.0 Å². The molecule has 0 unspecified atom stereocenters. The van der Waals surface area contributed by atoms with E-state index >= 15 is 0 Å². The number of carboxylic acid groups (broad SMARTS) is 1. The number of aromatic amines is 1. The second-order valence-electron chi connectivity index (χ2n) is 24.8. The molecular weight excluding hydrogens is 1370 g/mol. The number of aliphatic carboxylic acids is 1. The van der Waals surface area contributed by atoms with E-state index in [1.54, 1.807) is 12.3 Å². The number of carbonyl (C=O) groups is 10. The summed E-state index contributed by atoms with van der Waals surface area (Å²) < 4.78 is 22.2. The summed E-state index contributed by atoms with van der Waals surface area (Å²) in [7, 11) is 3.98. The number of benzene rings is 5. The van der Waals surface area contributed by atoms with Gasteiger partial charge in [0, 0.05) is 75.4 Å².